The largest absolute Gasteiger partial charge is 0.393 e. The number of nitrogens with zero attached hydrogens (tertiary/aromatic N) is 3. The van der Waals surface area contributed by atoms with Gasteiger partial charge >= 0.3 is 6.03 Å². The molecule has 1 saturated heterocycles. The van der Waals surface area contributed by atoms with Crippen LogP contribution < -0.4 is 0 Å². The van der Waals surface area contributed by atoms with E-state index in [1.165, 1.54) is 4.90 Å². The number of hydrogen-bond donors (Lipinski definition) is 1. The number of amides is 2. The minimum absolute atomic E-state index is 0.0155. The van der Waals surface area contributed by atoms with Gasteiger partial charge in [-0.1, -0.05) is 60.7 Å². The first-order chi connectivity index (χ1) is 19.4. The maximum absolute atomic E-state index is 14.8. The molecule has 1 fully saturated rings. The Kier molecular flexibility index (Phi) is 8.28. The lowest BCUT2D eigenvalue weighted by molar-refractivity contribution is 0.0452. The van der Waals surface area contributed by atoms with E-state index < -0.39 is 30.5 Å². The highest BCUT2D eigenvalue weighted by atomic mass is 19.1. The molecule has 3 atom stereocenters. The number of likely N-dealkylation sites (tertiary alicyclic amines) is 1. The molecule has 40 heavy (non-hydrogen) atoms. The van der Waals surface area contributed by atoms with Crippen molar-refractivity contribution < 1.29 is 23.1 Å². The molecule has 0 spiro atoms. The van der Waals surface area contributed by atoms with Crippen LogP contribution in [0.15, 0.2) is 84.9 Å². The van der Waals surface area contributed by atoms with E-state index in [0.717, 1.165) is 23.8 Å². The fourth-order valence-electron chi connectivity index (χ4n) is 6.02. The second-order valence-corrected chi connectivity index (χ2v) is 10.7. The van der Waals surface area contributed by atoms with Gasteiger partial charge in [0.05, 0.1) is 6.61 Å². The second-order valence-electron chi connectivity index (χ2n) is 10.7. The topological polar surface area (TPSA) is 47.0 Å². The Labute approximate surface area is 233 Å². The molecule has 3 aromatic carbocycles. The third-order valence-corrected chi connectivity index (χ3v) is 8.31. The van der Waals surface area contributed by atoms with Crippen molar-refractivity contribution in [3.05, 3.63) is 113 Å². The summed E-state index contributed by atoms with van der Waals surface area (Å²) in [5.41, 5.74) is 0.966. The number of rotatable bonds is 7. The molecule has 2 unspecified atom stereocenters. The highest BCUT2D eigenvalue weighted by molar-refractivity contribution is 5.83. The first-order valence-electron chi connectivity index (χ1n) is 13.6. The molecule has 0 saturated carbocycles. The summed E-state index contributed by atoms with van der Waals surface area (Å²) < 4.78 is 43.1. The number of halogens is 3. The molecular formula is C32H34F3N3O2. The molecule has 5 rings (SSSR count). The van der Waals surface area contributed by atoms with Crippen molar-refractivity contribution in [3.63, 3.8) is 0 Å². The van der Waals surface area contributed by atoms with Gasteiger partial charge in [-0.3, -0.25) is 4.90 Å². The fourth-order valence-corrected chi connectivity index (χ4v) is 6.02. The molecule has 2 aliphatic heterocycles. The first-order valence-corrected chi connectivity index (χ1v) is 13.6. The van der Waals surface area contributed by atoms with E-state index in [4.69, 9.17) is 0 Å². The van der Waals surface area contributed by atoms with Gasteiger partial charge in [-0.15, -0.1) is 0 Å². The molecule has 2 aliphatic rings. The Morgan fingerprint density at radius 1 is 1.05 bits per heavy atom. The molecule has 0 aromatic heterocycles. The van der Waals surface area contributed by atoms with Crippen LogP contribution in [0.1, 0.15) is 29.5 Å². The van der Waals surface area contributed by atoms with Crippen molar-refractivity contribution in [1.82, 2.24) is 14.7 Å². The Morgan fingerprint density at radius 2 is 1.75 bits per heavy atom. The zero-order valence-corrected chi connectivity index (χ0v) is 22.5. The summed E-state index contributed by atoms with van der Waals surface area (Å²) >= 11 is 0. The fraction of sp³-hybridized carbons (Fsp3) is 0.344. The van der Waals surface area contributed by atoms with Crippen LogP contribution in [0.2, 0.25) is 0 Å². The number of urea groups is 1. The van der Waals surface area contributed by atoms with Gasteiger partial charge in [0, 0.05) is 44.3 Å². The molecule has 0 bridgehead atoms. The summed E-state index contributed by atoms with van der Waals surface area (Å²) in [6.45, 7) is 0.288. The number of alkyl halides is 1. The number of benzene rings is 3. The maximum atomic E-state index is 14.8. The van der Waals surface area contributed by atoms with Crippen molar-refractivity contribution in [1.29, 1.82) is 0 Å². The molecular weight excluding hydrogens is 515 g/mol. The van der Waals surface area contributed by atoms with Crippen LogP contribution in [0, 0.1) is 11.6 Å². The Balaban J connectivity index is 1.41. The van der Waals surface area contributed by atoms with Crippen LogP contribution >= 0.6 is 0 Å². The lowest BCUT2D eigenvalue weighted by atomic mass is 9.89. The normalized spacial score (nSPS) is 23.2. The Morgan fingerprint density at radius 3 is 2.42 bits per heavy atom. The van der Waals surface area contributed by atoms with Crippen molar-refractivity contribution in [3.8, 4) is 0 Å². The van der Waals surface area contributed by atoms with E-state index in [2.05, 4.69) is 4.90 Å². The van der Waals surface area contributed by atoms with E-state index in [1.54, 1.807) is 30.2 Å². The summed E-state index contributed by atoms with van der Waals surface area (Å²) in [5, 5.41) is 10.7. The van der Waals surface area contributed by atoms with Crippen LogP contribution in [0.25, 0.3) is 5.57 Å². The van der Waals surface area contributed by atoms with Crippen LogP contribution in [-0.4, -0.2) is 71.3 Å². The zero-order chi connectivity index (χ0) is 28.3. The number of aliphatic hydroxyl groups is 1. The lowest BCUT2D eigenvalue weighted by Crippen LogP contribution is -2.57. The van der Waals surface area contributed by atoms with E-state index >= 15 is 0 Å². The monoisotopic (exact) mass is 549 g/mol. The number of hydrogen-bond acceptors (Lipinski definition) is 3. The SMILES string of the molecule is CN(C(=O)N1CC(c2cc(F)ccc2F)=C[C@@]1(CO)c1ccccc1)C1CCN(Cc2ccccc2)C(CF)C1. The van der Waals surface area contributed by atoms with Crippen LogP contribution in [0.3, 0.4) is 0 Å². The van der Waals surface area contributed by atoms with E-state index in [9.17, 15) is 23.1 Å². The van der Waals surface area contributed by atoms with Crippen LogP contribution in [-0.2, 0) is 12.1 Å². The van der Waals surface area contributed by atoms with Gasteiger partial charge < -0.3 is 14.9 Å². The van der Waals surface area contributed by atoms with E-state index in [-0.39, 0.29) is 30.2 Å². The van der Waals surface area contributed by atoms with E-state index in [1.807, 2.05) is 48.5 Å². The van der Waals surface area contributed by atoms with Gasteiger partial charge in [-0.2, -0.15) is 0 Å². The van der Waals surface area contributed by atoms with Gasteiger partial charge in [0.2, 0.25) is 0 Å². The van der Waals surface area contributed by atoms with Crippen molar-refractivity contribution in [2.75, 3.05) is 33.4 Å². The third-order valence-electron chi connectivity index (χ3n) is 8.31. The number of aliphatic hydroxyl groups excluding tert-OH is 1. The predicted molar refractivity (Wildman–Crippen MR) is 149 cm³/mol. The van der Waals surface area contributed by atoms with Crippen LogP contribution in [0.5, 0.6) is 0 Å². The summed E-state index contributed by atoms with van der Waals surface area (Å²) in [6, 6.07) is 21.3. The first kappa shape index (κ1) is 27.9. The van der Waals surface area contributed by atoms with Crippen molar-refractivity contribution in [2.24, 2.45) is 0 Å². The highest BCUT2D eigenvalue weighted by Crippen LogP contribution is 2.41. The molecule has 2 amide bonds. The highest BCUT2D eigenvalue weighted by Gasteiger charge is 2.47. The average molecular weight is 550 g/mol. The number of piperidine rings is 1. The minimum atomic E-state index is -1.27. The molecule has 5 nitrogen and oxygen atoms in total. The minimum Gasteiger partial charge on any atom is -0.393 e. The summed E-state index contributed by atoms with van der Waals surface area (Å²) in [6.07, 6.45) is 2.80. The van der Waals surface area contributed by atoms with Gasteiger partial charge in [-0.05, 0) is 53.8 Å². The molecule has 0 radical (unpaired) electrons. The maximum Gasteiger partial charge on any atom is 0.321 e. The summed E-state index contributed by atoms with van der Waals surface area (Å²) in [5.74, 6) is -1.19. The number of carbonyl (C=O) groups is 1. The second kappa shape index (κ2) is 11.9. The summed E-state index contributed by atoms with van der Waals surface area (Å²) in [7, 11) is 1.70. The van der Waals surface area contributed by atoms with E-state index in [0.29, 0.717) is 37.1 Å². The molecule has 210 valence electrons. The van der Waals surface area contributed by atoms with Gasteiger partial charge in [0.25, 0.3) is 0 Å². The summed E-state index contributed by atoms with van der Waals surface area (Å²) in [4.78, 5) is 19.4. The number of carbonyl (C=O) groups excluding carboxylic acids is 1. The van der Waals surface area contributed by atoms with Gasteiger partial charge in [0.15, 0.2) is 0 Å². The standard InChI is InChI=1S/C32H34F3N3O2/c1-36(27-14-15-37(28(17-27)19-33)20-23-8-4-2-5-9-23)31(40)38-21-24(29-16-26(34)12-13-30(29)35)18-32(38,22-39)25-10-6-3-7-11-25/h2-13,16,18,27-28,39H,14-15,17,19-22H2,1H3/t27?,28?,32-/m1/s1. The van der Waals surface area contributed by atoms with Crippen LogP contribution in [0.4, 0.5) is 18.0 Å². The molecule has 8 heteroatoms. The van der Waals surface area contributed by atoms with Crippen molar-refractivity contribution >= 4 is 11.6 Å². The van der Waals surface area contributed by atoms with Crippen molar-refractivity contribution in [2.45, 2.75) is 37.0 Å². The quantitative estimate of drug-likeness (QED) is 0.417. The van der Waals surface area contributed by atoms with Gasteiger partial charge in [0.1, 0.15) is 23.8 Å². The third kappa shape index (κ3) is 5.38. The molecule has 2 heterocycles. The Hall–Kier alpha value is -3.62. The molecule has 3 aromatic rings. The molecule has 0 aliphatic carbocycles. The predicted octanol–water partition coefficient (Wildman–Crippen LogP) is 5.61. The lowest BCUT2D eigenvalue weighted by Gasteiger charge is -2.45. The smallest absolute Gasteiger partial charge is 0.321 e. The Bertz CT molecular complexity index is 1350. The van der Waals surface area contributed by atoms with Gasteiger partial charge in [-0.25, -0.2) is 18.0 Å². The average Bonchev–Trinajstić information content (AvgIpc) is 3.39. The molecule has 1 N–H and O–H groups in total. The zero-order valence-electron chi connectivity index (χ0n) is 22.5.